The minimum Gasteiger partial charge on any atom is -0.392 e. The highest BCUT2D eigenvalue weighted by Gasteiger charge is 2.34. The van der Waals surface area contributed by atoms with Crippen LogP contribution in [-0.4, -0.2) is 29.8 Å². The van der Waals surface area contributed by atoms with Crippen LogP contribution < -0.4 is 4.72 Å². The molecular weight excluding hydrogens is 266 g/mol. The highest BCUT2D eigenvalue weighted by molar-refractivity contribution is 7.89. The van der Waals surface area contributed by atoms with E-state index in [0.29, 0.717) is 23.1 Å². The van der Waals surface area contributed by atoms with Gasteiger partial charge in [-0.05, 0) is 31.6 Å². The molecule has 0 radical (unpaired) electrons. The van der Waals surface area contributed by atoms with E-state index >= 15 is 0 Å². The van der Waals surface area contributed by atoms with Crippen LogP contribution in [0.2, 0.25) is 0 Å². The molecule has 7 heteroatoms. The molecule has 0 aliphatic heterocycles. The summed E-state index contributed by atoms with van der Waals surface area (Å²) in [6.07, 6.45) is 1.88. The standard InChI is InChI=1S/C12H21N3O3S/c1-7-4-5-11(8(7)2)15-19(17,18)12-10(6-16)9(3)13-14-12/h7-8,11,15-16H,4-6H2,1-3H3,(H,13,14). The number of hydrogen-bond donors (Lipinski definition) is 3. The largest absolute Gasteiger partial charge is 0.392 e. The van der Waals surface area contributed by atoms with Gasteiger partial charge in [0.1, 0.15) is 0 Å². The topological polar surface area (TPSA) is 95.1 Å². The van der Waals surface area contributed by atoms with Crippen molar-refractivity contribution >= 4 is 10.0 Å². The smallest absolute Gasteiger partial charge is 0.260 e. The molecule has 6 nitrogen and oxygen atoms in total. The van der Waals surface area contributed by atoms with E-state index in [9.17, 15) is 13.5 Å². The Morgan fingerprint density at radius 1 is 1.42 bits per heavy atom. The maximum absolute atomic E-state index is 12.3. The SMILES string of the molecule is Cc1[nH]nc(S(=O)(=O)NC2CCC(C)C2C)c1CO. The molecule has 108 valence electrons. The fourth-order valence-electron chi connectivity index (χ4n) is 2.62. The highest BCUT2D eigenvalue weighted by atomic mass is 32.2. The van der Waals surface area contributed by atoms with E-state index in [1.165, 1.54) is 0 Å². The number of rotatable bonds is 4. The molecule has 0 bridgehead atoms. The number of aromatic amines is 1. The van der Waals surface area contributed by atoms with Crippen molar-refractivity contribution in [3.05, 3.63) is 11.3 Å². The zero-order chi connectivity index (χ0) is 14.2. The average molecular weight is 287 g/mol. The average Bonchev–Trinajstić information content (AvgIpc) is 2.87. The summed E-state index contributed by atoms with van der Waals surface area (Å²) >= 11 is 0. The first-order chi connectivity index (χ1) is 8.86. The summed E-state index contributed by atoms with van der Waals surface area (Å²) in [7, 11) is -3.67. The summed E-state index contributed by atoms with van der Waals surface area (Å²) in [5, 5.41) is 15.6. The number of nitrogens with zero attached hydrogens (tertiary/aromatic N) is 1. The van der Waals surface area contributed by atoms with Gasteiger partial charge in [0.25, 0.3) is 10.0 Å². The Labute approximate surface area is 113 Å². The summed E-state index contributed by atoms with van der Waals surface area (Å²) in [5.74, 6) is 0.832. The van der Waals surface area contributed by atoms with Gasteiger partial charge in [0.2, 0.25) is 0 Å². The fraction of sp³-hybridized carbons (Fsp3) is 0.750. The van der Waals surface area contributed by atoms with Crippen LogP contribution in [-0.2, 0) is 16.6 Å². The van der Waals surface area contributed by atoms with Crippen molar-refractivity contribution in [2.24, 2.45) is 11.8 Å². The molecule has 1 aliphatic rings. The molecule has 1 saturated carbocycles. The molecule has 1 aliphatic carbocycles. The van der Waals surface area contributed by atoms with Gasteiger partial charge in [-0.15, -0.1) is 0 Å². The minimum absolute atomic E-state index is 0.0523. The van der Waals surface area contributed by atoms with Gasteiger partial charge in [-0.2, -0.15) is 5.10 Å². The molecule has 3 unspecified atom stereocenters. The second-order valence-electron chi connectivity index (χ2n) is 5.43. The van der Waals surface area contributed by atoms with Gasteiger partial charge in [0.05, 0.1) is 6.61 Å². The first-order valence-corrected chi connectivity index (χ1v) is 8.02. The zero-order valence-corrected chi connectivity index (χ0v) is 12.3. The third-order valence-electron chi connectivity index (χ3n) is 4.22. The van der Waals surface area contributed by atoms with Crippen LogP contribution in [0, 0.1) is 18.8 Å². The van der Waals surface area contributed by atoms with Crippen molar-refractivity contribution < 1.29 is 13.5 Å². The van der Waals surface area contributed by atoms with Gasteiger partial charge in [0.15, 0.2) is 5.03 Å². The Morgan fingerprint density at radius 3 is 2.63 bits per heavy atom. The first kappa shape index (κ1) is 14.5. The molecule has 3 N–H and O–H groups in total. The molecule has 2 rings (SSSR count). The minimum atomic E-state index is -3.67. The van der Waals surface area contributed by atoms with E-state index in [0.717, 1.165) is 12.8 Å². The van der Waals surface area contributed by atoms with Crippen molar-refractivity contribution in [3.8, 4) is 0 Å². The molecule has 1 aromatic rings. The van der Waals surface area contributed by atoms with E-state index in [-0.39, 0.29) is 17.7 Å². The molecule has 1 fully saturated rings. The van der Waals surface area contributed by atoms with Crippen LogP contribution in [0.15, 0.2) is 5.03 Å². The molecule has 1 aromatic heterocycles. The Bertz CT molecular complexity index is 553. The van der Waals surface area contributed by atoms with E-state index in [4.69, 9.17) is 0 Å². The molecule has 3 atom stereocenters. The van der Waals surface area contributed by atoms with Gasteiger partial charge in [-0.25, -0.2) is 13.1 Å². The van der Waals surface area contributed by atoms with E-state index < -0.39 is 10.0 Å². The predicted octanol–water partition coefficient (Wildman–Crippen LogP) is 0.923. The molecule has 0 saturated heterocycles. The predicted molar refractivity (Wildman–Crippen MR) is 70.9 cm³/mol. The molecule has 19 heavy (non-hydrogen) atoms. The van der Waals surface area contributed by atoms with Gasteiger partial charge >= 0.3 is 0 Å². The third-order valence-corrected chi connectivity index (χ3v) is 5.68. The first-order valence-electron chi connectivity index (χ1n) is 6.54. The Hall–Kier alpha value is -0.920. The highest BCUT2D eigenvalue weighted by Crippen LogP contribution is 2.32. The van der Waals surface area contributed by atoms with Gasteiger partial charge in [0, 0.05) is 17.3 Å². The van der Waals surface area contributed by atoms with Crippen LogP contribution >= 0.6 is 0 Å². The van der Waals surface area contributed by atoms with Crippen LogP contribution in [0.4, 0.5) is 0 Å². The van der Waals surface area contributed by atoms with E-state index in [1.54, 1.807) is 6.92 Å². The Balaban J connectivity index is 2.23. The van der Waals surface area contributed by atoms with Crippen molar-refractivity contribution in [2.75, 3.05) is 0 Å². The number of hydrogen-bond acceptors (Lipinski definition) is 4. The number of aliphatic hydroxyl groups is 1. The third kappa shape index (κ3) is 2.68. The zero-order valence-electron chi connectivity index (χ0n) is 11.5. The fourth-order valence-corrected chi connectivity index (χ4v) is 4.18. The van der Waals surface area contributed by atoms with Gasteiger partial charge in [-0.1, -0.05) is 13.8 Å². The maximum Gasteiger partial charge on any atom is 0.260 e. The number of sulfonamides is 1. The second-order valence-corrected chi connectivity index (χ2v) is 7.06. The quantitative estimate of drug-likeness (QED) is 0.767. The van der Waals surface area contributed by atoms with Crippen LogP contribution in [0.1, 0.15) is 37.9 Å². The lowest BCUT2D eigenvalue weighted by atomic mass is 9.98. The maximum atomic E-state index is 12.3. The lowest BCUT2D eigenvalue weighted by Crippen LogP contribution is -2.37. The number of nitrogens with one attached hydrogen (secondary N) is 2. The summed E-state index contributed by atoms with van der Waals surface area (Å²) in [5.41, 5.74) is 0.918. The number of H-pyrrole nitrogens is 1. The lowest BCUT2D eigenvalue weighted by molar-refractivity contribution is 0.277. The molecular formula is C12H21N3O3S. The van der Waals surface area contributed by atoms with Crippen molar-refractivity contribution in [3.63, 3.8) is 0 Å². The summed E-state index contributed by atoms with van der Waals surface area (Å²) in [6, 6.07) is -0.0523. The summed E-state index contributed by atoms with van der Waals surface area (Å²) in [4.78, 5) is 0. The molecule has 0 amide bonds. The lowest BCUT2D eigenvalue weighted by Gasteiger charge is -2.19. The van der Waals surface area contributed by atoms with Crippen LogP contribution in [0.25, 0.3) is 0 Å². The molecule has 0 spiro atoms. The van der Waals surface area contributed by atoms with Crippen LogP contribution in [0.5, 0.6) is 0 Å². The second kappa shape index (κ2) is 5.22. The molecule has 1 heterocycles. The van der Waals surface area contributed by atoms with Gasteiger partial charge in [-0.3, -0.25) is 5.10 Å². The normalized spacial score (nSPS) is 27.9. The number of aromatic nitrogens is 2. The van der Waals surface area contributed by atoms with Crippen molar-refractivity contribution in [1.82, 2.24) is 14.9 Å². The monoisotopic (exact) mass is 287 g/mol. The van der Waals surface area contributed by atoms with E-state index in [1.807, 2.05) is 0 Å². The Kier molecular flexibility index (Phi) is 3.98. The van der Waals surface area contributed by atoms with Crippen LogP contribution in [0.3, 0.4) is 0 Å². The van der Waals surface area contributed by atoms with Gasteiger partial charge < -0.3 is 5.11 Å². The molecule has 0 aromatic carbocycles. The summed E-state index contributed by atoms with van der Waals surface area (Å²) < 4.78 is 27.4. The van der Waals surface area contributed by atoms with Crippen molar-refractivity contribution in [2.45, 2.75) is 51.3 Å². The number of aliphatic hydroxyl groups excluding tert-OH is 1. The van der Waals surface area contributed by atoms with E-state index in [2.05, 4.69) is 28.8 Å². The summed E-state index contributed by atoms with van der Waals surface area (Å²) in [6.45, 7) is 5.55. The number of aryl methyl sites for hydroxylation is 1. The van der Waals surface area contributed by atoms with Crippen molar-refractivity contribution in [1.29, 1.82) is 0 Å². The Morgan fingerprint density at radius 2 is 2.11 bits per heavy atom.